The van der Waals surface area contributed by atoms with Crippen molar-refractivity contribution in [2.75, 3.05) is 37.9 Å². The molecule has 2 heterocycles. The summed E-state index contributed by atoms with van der Waals surface area (Å²) in [5.74, 6) is -0.0746. The van der Waals surface area contributed by atoms with Crippen LogP contribution in [0.3, 0.4) is 0 Å². The van der Waals surface area contributed by atoms with Gasteiger partial charge in [-0.3, -0.25) is 14.6 Å². The van der Waals surface area contributed by atoms with Gasteiger partial charge in [-0.15, -0.1) is 0 Å². The summed E-state index contributed by atoms with van der Waals surface area (Å²) >= 11 is 6.21. The Kier molecular flexibility index (Phi) is 4.76. The molecule has 0 N–H and O–H groups in total. The van der Waals surface area contributed by atoms with E-state index in [2.05, 4.69) is 9.89 Å². The number of aliphatic imine (C=N–C) groups is 1. The minimum atomic E-state index is -0.0746. The molecule has 2 aliphatic rings. The van der Waals surface area contributed by atoms with Crippen LogP contribution in [0, 0.1) is 6.92 Å². The molecule has 0 atom stereocenters. The van der Waals surface area contributed by atoms with Gasteiger partial charge in [0.15, 0.2) is 0 Å². The van der Waals surface area contributed by atoms with Crippen molar-refractivity contribution in [1.29, 1.82) is 0 Å². The van der Waals surface area contributed by atoms with E-state index in [0.29, 0.717) is 36.3 Å². The highest BCUT2D eigenvalue weighted by atomic mass is 35.5. The molecule has 2 aromatic rings. The number of halogens is 1. The van der Waals surface area contributed by atoms with Gasteiger partial charge in [0, 0.05) is 23.7 Å². The van der Waals surface area contributed by atoms with Gasteiger partial charge in [-0.2, -0.15) is 0 Å². The molecule has 1 saturated heterocycles. The monoisotopic (exact) mass is 369 g/mol. The summed E-state index contributed by atoms with van der Waals surface area (Å²) in [6, 6.07) is 13.4. The van der Waals surface area contributed by atoms with Gasteiger partial charge < -0.3 is 4.74 Å². The van der Waals surface area contributed by atoms with Gasteiger partial charge in [0.05, 0.1) is 31.3 Å². The molecule has 26 heavy (non-hydrogen) atoms. The Hall–Kier alpha value is -2.21. The topological polar surface area (TPSA) is 45.1 Å². The van der Waals surface area contributed by atoms with E-state index in [0.717, 1.165) is 29.9 Å². The molecule has 0 bridgehead atoms. The first-order valence-electron chi connectivity index (χ1n) is 8.70. The van der Waals surface area contributed by atoms with E-state index >= 15 is 0 Å². The molecule has 0 aliphatic carbocycles. The Balaban J connectivity index is 1.68. The summed E-state index contributed by atoms with van der Waals surface area (Å²) in [6.45, 7) is 5.54. The second kappa shape index (κ2) is 7.19. The lowest BCUT2D eigenvalue weighted by Crippen LogP contribution is -2.45. The van der Waals surface area contributed by atoms with Crippen molar-refractivity contribution >= 4 is 34.6 Å². The Morgan fingerprint density at radius 1 is 1.15 bits per heavy atom. The highest BCUT2D eigenvalue weighted by Crippen LogP contribution is 2.32. The number of carbonyl (C=O) groups is 1. The maximum Gasteiger partial charge on any atom is 0.278 e. The third kappa shape index (κ3) is 3.26. The molecular formula is C20H20ClN3O2. The Morgan fingerprint density at radius 3 is 2.69 bits per heavy atom. The lowest BCUT2D eigenvalue weighted by molar-refractivity contribution is -0.112. The van der Waals surface area contributed by atoms with Gasteiger partial charge in [0.25, 0.3) is 5.91 Å². The zero-order chi connectivity index (χ0) is 18.1. The van der Waals surface area contributed by atoms with Gasteiger partial charge in [0.2, 0.25) is 0 Å². The van der Waals surface area contributed by atoms with Crippen LogP contribution < -0.4 is 4.90 Å². The largest absolute Gasteiger partial charge is 0.379 e. The number of hydrogen-bond donors (Lipinski definition) is 0. The maximum atomic E-state index is 13.1. The third-order valence-corrected chi connectivity index (χ3v) is 5.15. The normalized spacial score (nSPS) is 19.2. The molecular weight excluding hydrogens is 350 g/mol. The van der Waals surface area contributed by atoms with E-state index in [9.17, 15) is 4.79 Å². The first-order chi connectivity index (χ1) is 12.6. The van der Waals surface area contributed by atoms with Crippen LogP contribution in [-0.2, 0) is 9.53 Å². The number of aryl methyl sites for hydroxylation is 1. The SMILES string of the molecule is Cc1ccc(N=C2C(=O)N(CN3CCOCC3)c3ccccc32)cc1Cl. The highest BCUT2D eigenvalue weighted by Gasteiger charge is 2.34. The van der Waals surface area contributed by atoms with Crippen molar-refractivity contribution in [1.82, 2.24) is 4.90 Å². The number of nitrogens with zero attached hydrogens (tertiary/aromatic N) is 3. The fourth-order valence-electron chi connectivity index (χ4n) is 3.23. The summed E-state index contributed by atoms with van der Waals surface area (Å²) < 4.78 is 5.40. The van der Waals surface area contributed by atoms with E-state index in [1.165, 1.54) is 0 Å². The van der Waals surface area contributed by atoms with E-state index in [4.69, 9.17) is 16.3 Å². The molecule has 0 spiro atoms. The van der Waals surface area contributed by atoms with Crippen molar-refractivity contribution in [2.24, 2.45) is 4.99 Å². The predicted molar refractivity (Wildman–Crippen MR) is 104 cm³/mol. The fourth-order valence-corrected chi connectivity index (χ4v) is 3.41. The molecule has 0 radical (unpaired) electrons. The van der Waals surface area contributed by atoms with Crippen molar-refractivity contribution in [3.05, 3.63) is 58.6 Å². The van der Waals surface area contributed by atoms with E-state index in [1.807, 2.05) is 43.3 Å². The van der Waals surface area contributed by atoms with Crippen LogP contribution >= 0.6 is 11.6 Å². The number of para-hydroxylation sites is 1. The van der Waals surface area contributed by atoms with Crippen LogP contribution in [0.5, 0.6) is 0 Å². The molecule has 2 aliphatic heterocycles. The van der Waals surface area contributed by atoms with Crippen molar-refractivity contribution in [2.45, 2.75) is 6.92 Å². The third-order valence-electron chi connectivity index (χ3n) is 4.74. The quantitative estimate of drug-likeness (QED) is 0.832. The minimum absolute atomic E-state index is 0.0746. The molecule has 6 heteroatoms. The minimum Gasteiger partial charge on any atom is -0.379 e. The van der Waals surface area contributed by atoms with E-state index in [1.54, 1.807) is 11.0 Å². The number of anilines is 1. The molecule has 4 rings (SSSR count). The number of hydrogen-bond acceptors (Lipinski definition) is 4. The number of benzene rings is 2. The van der Waals surface area contributed by atoms with Gasteiger partial charge in [-0.05, 0) is 30.7 Å². The summed E-state index contributed by atoms with van der Waals surface area (Å²) in [5.41, 5.74) is 3.91. The summed E-state index contributed by atoms with van der Waals surface area (Å²) in [7, 11) is 0. The number of ether oxygens (including phenoxy) is 1. The average Bonchev–Trinajstić information content (AvgIpc) is 2.92. The summed E-state index contributed by atoms with van der Waals surface area (Å²) in [6.07, 6.45) is 0. The smallest absolute Gasteiger partial charge is 0.278 e. The Morgan fingerprint density at radius 2 is 1.92 bits per heavy atom. The number of carbonyl (C=O) groups excluding carboxylic acids is 1. The van der Waals surface area contributed by atoms with Crippen LogP contribution in [0.15, 0.2) is 47.5 Å². The van der Waals surface area contributed by atoms with Gasteiger partial charge in [-0.1, -0.05) is 35.9 Å². The standard InChI is InChI=1S/C20H20ClN3O2/c1-14-6-7-15(12-17(14)21)22-19-16-4-2-3-5-18(16)24(20(19)25)13-23-8-10-26-11-9-23/h2-7,12H,8-11,13H2,1H3. The summed E-state index contributed by atoms with van der Waals surface area (Å²) in [4.78, 5) is 21.7. The van der Waals surface area contributed by atoms with Crippen LogP contribution in [-0.4, -0.2) is 49.5 Å². The average molecular weight is 370 g/mol. The van der Waals surface area contributed by atoms with Crippen LogP contribution in [0.4, 0.5) is 11.4 Å². The number of rotatable bonds is 3. The predicted octanol–water partition coefficient (Wildman–Crippen LogP) is 3.41. The van der Waals surface area contributed by atoms with E-state index in [-0.39, 0.29) is 5.91 Å². The van der Waals surface area contributed by atoms with Crippen LogP contribution in [0.2, 0.25) is 5.02 Å². The van der Waals surface area contributed by atoms with Crippen molar-refractivity contribution in [3.8, 4) is 0 Å². The maximum absolute atomic E-state index is 13.1. The number of morpholine rings is 1. The molecule has 2 aromatic carbocycles. The molecule has 0 unspecified atom stereocenters. The molecule has 5 nitrogen and oxygen atoms in total. The second-order valence-corrected chi connectivity index (χ2v) is 6.92. The lowest BCUT2D eigenvalue weighted by Gasteiger charge is -2.30. The zero-order valence-corrected chi connectivity index (χ0v) is 15.4. The fraction of sp³-hybridized carbons (Fsp3) is 0.300. The van der Waals surface area contributed by atoms with Gasteiger partial charge >= 0.3 is 0 Å². The van der Waals surface area contributed by atoms with Crippen molar-refractivity contribution in [3.63, 3.8) is 0 Å². The first-order valence-corrected chi connectivity index (χ1v) is 9.07. The van der Waals surface area contributed by atoms with Crippen LogP contribution in [0.25, 0.3) is 0 Å². The van der Waals surface area contributed by atoms with Gasteiger partial charge in [-0.25, -0.2) is 4.99 Å². The van der Waals surface area contributed by atoms with E-state index < -0.39 is 0 Å². The molecule has 134 valence electrons. The Labute approximate surface area is 157 Å². The zero-order valence-electron chi connectivity index (χ0n) is 14.6. The summed E-state index contributed by atoms with van der Waals surface area (Å²) in [5, 5.41) is 0.649. The molecule has 1 amide bonds. The molecule has 0 aromatic heterocycles. The van der Waals surface area contributed by atoms with Gasteiger partial charge in [0.1, 0.15) is 5.71 Å². The number of amides is 1. The Bertz CT molecular complexity index is 875. The second-order valence-electron chi connectivity index (χ2n) is 6.52. The number of fused-ring (bicyclic) bond motifs is 1. The molecule has 0 saturated carbocycles. The van der Waals surface area contributed by atoms with Crippen molar-refractivity contribution < 1.29 is 9.53 Å². The first kappa shape index (κ1) is 17.2. The van der Waals surface area contributed by atoms with Crippen LogP contribution in [0.1, 0.15) is 11.1 Å². The molecule has 1 fully saturated rings. The highest BCUT2D eigenvalue weighted by molar-refractivity contribution is 6.54. The lowest BCUT2D eigenvalue weighted by atomic mass is 10.1.